The van der Waals surface area contributed by atoms with Gasteiger partial charge in [0.05, 0.1) is 11.3 Å². The van der Waals surface area contributed by atoms with Gasteiger partial charge in [0.1, 0.15) is 5.71 Å². The van der Waals surface area contributed by atoms with E-state index in [2.05, 4.69) is 19.6 Å². The predicted octanol–water partition coefficient (Wildman–Crippen LogP) is 1.77. The number of carbonyl (C=O) groups is 1. The Labute approximate surface area is 119 Å². The van der Waals surface area contributed by atoms with E-state index >= 15 is 0 Å². The van der Waals surface area contributed by atoms with Crippen molar-refractivity contribution >= 4 is 23.2 Å². The Bertz CT molecular complexity index is 683. The lowest BCUT2D eigenvalue weighted by Gasteiger charge is -2.17. The Morgan fingerprint density at radius 3 is 2.75 bits per heavy atom. The zero-order valence-corrected chi connectivity index (χ0v) is 12.2. The second kappa shape index (κ2) is 4.78. The maximum absolute atomic E-state index is 11.4. The van der Waals surface area contributed by atoms with Gasteiger partial charge in [0.15, 0.2) is 0 Å². The van der Waals surface area contributed by atoms with E-state index in [1.807, 2.05) is 13.8 Å². The SMILES string of the molecule is Cc1nsc(C)c1-c1noc(C2=NN(C)C(=O)CC2)n1. The van der Waals surface area contributed by atoms with E-state index in [1.165, 1.54) is 16.5 Å². The van der Waals surface area contributed by atoms with Crippen molar-refractivity contribution in [1.82, 2.24) is 19.5 Å². The van der Waals surface area contributed by atoms with Gasteiger partial charge in [0.2, 0.25) is 11.7 Å². The van der Waals surface area contributed by atoms with Crippen molar-refractivity contribution in [2.45, 2.75) is 26.7 Å². The summed E-state index contributed by atoms with van der Waals surface area (Å²) in [6, 6.07) is 0. The van der Waals surface area contributed by atoms with Crippen molar-refractivity contribution in [3.05, 3.63) is 16.5 Å². The molecule has 0 unspecified atom stereocenters. The summed E-state index contributed by atoms with van der Waals surface area (Å²) in [5, 5.41) is 9.47. The van der Waals surface area contributed by atoms with Crippen molar-refractivity contribution in [3.63, 3.8) is 0 Å². The van der Waals surface area contributed by atoms with E-state index in [0.29, 0.717) is 30.3 Å². The van der Waals surface area contributed by atoms with Crippen LogP contribution in [-0.2, 0) is 4.79 Å². The van der Waals surface area contributed by atoms with Gasteiger partial charge in [-0.3, -0.25) is 4.79 Å². The third-order valence-electron chi connectivity index (χ3n) is 3.14. The number of hydrogen-bond acceptors (Lipinski definition) is 7. The first-order valence-electron chi connectivity index (χ1n) is 6.17. The second-order valence-electron chi connectivity index (χ2n) is 4.59. The normalized spacial score (nSPS) is 15.7. The molecule has 0 saturated heterocycles. The highest BCUT2D eigenvalue weighted by molar-refractivity contribution is 7.06. The zero-order valence-electron chi connectivity index (χ0n) is 11.4. The zero-order chi connectivity index (χ0) is 14.3. The molecule has 0 fully saturated rings. The van der Waals surface area contributed by atoms with Gasteiger partial charge >= 0.3 is 0 Å². The van der Waals surface area contributed by atoms with E-state index in [-0.39, 0.29) is 5.91 Å². The predicted molar refractivity (Wildman–Crippen MR) is 73.4 cm³/mol. The second-order valence-corrected chi connectivity index (χ2v) is 5.56. The molecule has 3 heterocycles. The lowest BCUT2D eigenvalue weighted by atomic mass is 10.1. The van der Waals surface area contributed by atoms with Crippen LogP contribution in [0.2, 0.25) is 0 Å². The fraction of sp³-hybridized carbons (Fsp3) is 0.417. The number of amides is 1. The van der Waals surface area contributed by atoms with Crippen LogP contribution in [0.25, 0.3) is 11.4 Å². The van der Waals surface area contributed by atoms with Gasteiger partial charge in [-0.15, -0.1) is 0 Å². The van der Waals surface area contributed by atoms with Crippen LogP contribution in [-0.4, -0.2) is 38.2 Å². The Balaban J connectivity index is 1.95. The van der Waals surface area contributed by atoms with Gasteiger partial charge in [-0.05, 0) is 25.4 Å². The monoisotopic (exact) mass is 291 g/mol. The summed E-state index contributed by atoms with van der Waals surface area (Å²) >= 11 is 1.42. The van der Waals surface area contributed by atoms with Crippen LogP contribution in [0.1, 0.15) is 29.3 Å². The Morgan fingerprint density at radius 2 is 2.10 bits per heavy atom. The lowest BCUT2D eigenvalue weighted by Crippen LogP contribution is -2.28. The van der Waals surface area contributed by atoms with Crippen molar-refractivity contribution in [2.24, 2.45) is 5.10 Å². The molecule has 0 N–H and O–H groups in total. The van der Waals surface area contributed by atoms with E-state index in [4.69, 9.17) is 4.52 Å². The van der Waals surface area contributed by atoms with Gasteiger partial charge in [-0.25, -0.2) is 5.01 Å². The molecule has 0 spiro atoms. The minimum atomic E-state index is -0.0118. The van der Waals surface area contributed by atoms with Gasteiger partial charge in [0, 0.05) is 24.8 Å². The highest BCUT2D eigenvalue weighted by Gasteiger charge is 2.23. The fourth-order valence-corrected chi connectivity index (χ4v) is 2.76. The molecule has 7 nitrogen and oxygen atoms in total. The first-order chi connectivity index (χ1) is 9.56. The molecule has 20 heavy (non-hydrogen) atoms. The summed E-state index contributed by atoms with van der Waals surface area (Å²) < 4.78 is 9.54. The fourth-order valence-electron chi connectivity index (χ4n) is 2.07. The highest BCUT2D eigenvalue weighted by atomic mass is 32.1. The van der Waals surface area contributed by atoms with Crippen LogP contribution in [0.15, 0.2) is 9.62 Å². The first kappa shape index (κ1) is 12.9. The van der Waals surface area contributed by atoms with Crippen LogP contribution in [0, 0.1) is 13.8 Å². The maximum atomic E-state index is 11.4. The third kappa shape index (κ3) is 2.11. The summed E-state index contributed by atoms with van der Waals surface area (Å²) in [6.07, 6.45) is 0.926. The minimum absolute atomic E-state index is 0.0118. The van der Waals surface area contributed by atoms with Crippen LogP contribution >= 0.6 is 11.5 Å². The molecule has 2 aromatic heterocycles. The summed E-state index contributed by atoms with van der Waals surface area (Å²) in [5.41, 5.74) is 2.44. The Kier molecular flexibility index (Phi) is 3.09. The van der Waals surface area contributed by atoms with Crippen molar-refractivity contribution in [2.75, 3.05) is 7.05 Å². The van der Waals surface area contributed by atoms with Gasteiger partial charge in [0.25, 0.3) is 5.89 Å². The molecule has 0 atom stereocenters. The number of aromatic nitrogens is 3. The Morgan fingerprint density at radius 1 is 1.30 bits per heavy atom. The van der Waals surface area contributed by atoms with Crippen molar-refractivity contribution in [1.29, 1.82) is 0 Å². The number of hydrogen-bond donors (Lipinski definition) is 0. The first-order valence-corrected chi connectivity index (χ1v) is 6.95. The van der Waals surface area contributed by atoms with Crippen LogP contribution in [0.4, 0.5) is 0 Å². The molecule has 1 aliphatic heterocycles. The smallest absolute Gasteiger partial charge is 0.274 e. The van der Waals surface area contributed by atoms with E-state index < -0.39 is 0 Å². The molecule has 2 aromatic rings. The summed E-state index contributed by atoms with van der Waals surface area (Å²) in [7, 11) is 1.62. The van der Waals surface area contributed by atoms with E-state index in [9.17, 15) is 4.79 Å². The largest absolute Gasteiger partial charge is 0.332 e. The number of carbonyl (C=O) groups excluding carboxylic acids is 1. The topological polar surface area (TPSA) is 84.5 Å². The molecule has 0 aromatic carbocycles. The van der Waals surface area contributed by atoms with E-state index in [1.54, 1.807) is 7.05 Å². The van der Waals surface area contributed by atoms with Crippen LogP contribution in [0.3, 0.4) is 0 Å². The standard InChI is InChI=1S/C12H13N5O2S/c1-6-10(7(2)20-16-6)11-13-12(19-15-11)8-4-5-9(18)17(3)14-8/h4-5H2,1-3H3. The summed E-state index contributed by atoms with van der Waals surface area (Å²) in [4.78, 5) is 16.8. The molecule has 0 saturated carbocycles. The maximum Gasteiger partial charge on any atom is 0.274 e. The minimum Gasteiger partial charge on any atom is -0.332 e. The highest BCUT2D eigenvalue weighted by Crippen LogP contribution is 2.27. The van der Waals surface area contributed by atoms with Gasteiger partial charge in [-0.1, -0.05) is 5.16 Å². The van der Waals surface area contributed by atoms with E-state index in [0.717, 1.165) is 16.1 Å². The molecule has 0 radical (unpaired) electrons. The van der Waals surface area contributed by atoms with Gasteiger partial charge in [-0.2, -0.15) is 14.5 Å². The molecule has 1 aliphatic rings. The van der Waals surface area contributed by atoms with Crippen molar-refractivity contribution in [3.8, 4) is 11.4 Å². The molecule has 3 rings (SSSR count). The number of rotatable bonds is 2. The molecular weight excluding hydrogens is 278 g/mol. The quantitative estimate of drug-likeness (QED) is 0.841. The molecule has 0 aliphatic carbocycles. The summed E-state index contributed by atoms with van der Waals surface area (Å²) in [6.45, 7) is 3.89. The molecule has 8 heteroatoms. The molecule has 104 valence electrons. The average Bonchev–Trinajstić information content (AvgIpc) is 3.00. The lowest BCUT2D eigenvalue weighted by molar-refractivity contribution is -0.130. The number of hydrazone groups is 1. The van der Waals surface area contributed by atoms with Crippen molar-refractivity contribution < 1.29 is 9.32 Å². The summed E-state index contributed by atoms with van der Waals surface area (Å²) in [5.74, 6) is 0.873. The number of nitrogens with zero attached hydrogens (tertiary/aromatic N) is 5. The van der Waals surface area contributed by atoms with Crippen LogP contribution < -0.4 is 0 Å². The third-order valence-corrected chi connectivity index (χ3v) is 3.98. The Hall–Kier alpha value is -2.09. The molecular formula is C12H13N5O2S. The van der Waals surface area contributed by atoms with Crippen LogP contribution in [0.5, 0.6) is 0 Å². The van der Waals surface area contributed by atoms with Gasteiger partial charge < -0.3 is 4.52 Å². The molecule has 1 amide bonds. The average molecular weight is 291 g/mol. The molecule has 0 bridgehead atoms. The number of aryl methyl sites for hydroxylation is 2.